The van der Waals surface area contributed by atoms with E-state index in [-0.39, 0.29) is 5.91 Å². The molecule has 16 heavy (non-hydrogen) atoms. The quantitative estimate of drug-likeness (QED) is 0.843. The number of amides is 1. The molecule has 88 valence electrons. The molecule has 0 spiro atoms. The van der Waals surface area contributed by atoms with Crippen molar-refractivity contribution in [3.05, 3.63) is 21.9 Å². The third-order valence-corrected chi connectivity index (χ3v) is 3.94. The number of rotatable bonds is 3. The zero-order chi connectivity index (χ0) is 11.4. The van der Waals surface area contributed by atoms with E-state index in [9.17, 15) is 4.79 Å². The first-order chi connectivity index (χ1) is 7.75. The first kappa shape index (κ1) is 11.6. The Hall–Kier alpha value is -0.870. The van der Waals surface area contributed by atoms with Crippen LogP contribution in [0.1, 0.15) is 30.4 Å². The van der Waals surface area contributed by atoms with E-state index in [0.717, 1.165) is 25.9 Å². The SMILES string of the molecule is Cc1cscc1CNC1CCCNC(=O)C1. The van der Waals surface area contributed by atoms with Gasteiger partial charge in [0.15, 0.2) is 0 Å². The van der Waals surface area contributed by atoms with Gasteiger partial charge in [-0.1, -0.05) is 0 Å². The Labute approximate surface area is 100 Å². The zero-order valence-electron chi connectivity index (χ0n) is 9.58. The van der Waals surface area contributed by atoms with Crippen molar-refractivity contribution in [1.29, 1.82) is 0 Å². The summed E-state index contributed by atoms with van der Waals surface area (Å²) in [6, 6.07) is 0.335. The van der Waals surface area contributed by atoms with Crippen LogP contribution in [-0.4, -0.2) is 18.5 Å². The van der Waals surface area contributed by atoms with Crippen molar-refractivity contribution in [3.63, 3.8) is 0 Å². The molecule has 1 aliphatic rings. The fraction of sp³-hybridized carbons (Fsp3) is 0.583. The third kappa shape index (κ3) is 3.06. The van der Waals surface area contributed by atoms with Gasteiger partial charge in [0.05, 0.1) is 0 Å². The second-order valence-electron chi connectivity index (χ2n) is 4.35. The van der Waals surface area contributed by atoms with Crippen LogP contribution in [0, 0.1) is 6.92 Å². The lowest BCUT2D eigenvalue weighted by atomic mass is 10.1. The normalized spacial score (nSPS) is 21.6. The minimum atomic E-state index is 0.178. The second-order valence-corrected chi connectivity index (χ2v) is 5.10. The third-order valence-electron chi connectivity index (χ3n) is 3.03. The lowest BCUT2D eigenvalue weighted by Gasteiger charge is -2.14. The van der Waals surface area contributed by atoms with Crippen LogP contribution >= 0.6 is 11.3 Å². The van der Waals surface area contributed by atoms with Crippen LogP contribution < -0.4 is 10.6 Å². The summed E-state index contributed by atoms with van der Waals surface area (Å²) in [6.07, 6.45) is 2.77. The van der Waals surface area contributed by atoms with Crippen LogP contribution in [0.5, 0.6) is 0 Å². The molecular formula is C12H18N2OS. The van der Waals surface area contributed by atoms with Gasteiger partial charge in [0.25, 0.3) is 0 Å². The summed E-state index contributed by atoms with van der Waals surface area (Å²) in [6.45, 7) is 3.84. The molecule has 1 amide bonds. The average Bonchev–Trinajstić information content (AvgIpc) is 2.54. The topological polar surface area (TPSA) is 41.1 Å². The van der Waals surface area contributed by atoms with Crippen LogP contribution in [0.4, 0.5) is 0 Å². The summed E-state index contributed by atoms with van der Waals surface area (Å²) in [5, 5.41) is 10.7. The smallest absolute Gasteiger partial charge is 0.221 e. The Kier molecular flexibility index (Phi) is 3.96. The molecule has 4 heteroatoms. The number of thiophene rings is 1. The van der Waals surface area contributed by atoms with Crippen molar-refractivity contribution in [3.8, 4) is 0 Å². The van der Waals surface area contributed by atoms with Gasteiger partial charge in [-0.3, -0.25) is 4.79 Å². The molecule has 0 bridgehead atoms. The minimum absolute atomic E-state index is 0.178. The molecule has 2 heterocycles. The van der Waals surface area contributed by atoms with Gasteiger partial charge in [-0.05, 0) is 41.7 Å². The van der Waals surface area contributed by atoms with Gasteiger partial charge >= 0.3 is 0 Å². The summed E-state index contributed by atoms with van der Waals surface area (Å²) in [4.78, 5) is 11.4. The van der Waals surface area contributed by atoms with Gasteiger partial charge < -0.3 is 10.6 Å². The lowest BCUT2D eigenvalue weighted by Crippen LogP contribution is -2.32. The average molecular weight is 238 g/mol. The summed E-state index contributed by atoms with van der Waals surface area (Å²) in [7, 11) is 0. The molecule has 1 aromatic rings. The molecular weight excluding hydrogens is 220 g/mol. The molecule has 1 aliphatic heterocycles. The zero-order valence-corrected chi connectivity index (χ0v) is 10.4. The van der Waals surface area contributed by atoms with Crippen molar-refractivity contribution >= 4 is 17.2 Å². The Balaban J connectivity index is 1.85. The fourth-order valence-corrected chi connectivity index (χ4v) is 2.83. The van der Waals surface area contributed by atoms with Crippen LogP contribution in [-0.2, 0) is 11.3 Å². The minimum Gasteiger partial charge on any atom is -0.356 e. The largest absolute Gasteiger partial charge is 0.356 e. The number of nitrogens with one attached hydrogen (secondary N) is 2. The lowest BCUT2D eigenvalue weighted by molar-refractivity contribution is -0.121. The van der Waals surface area contributed by atoms with Gasteiger partial charge in [0, 0.05) is 25.6 Å². The molecule has 2 rings (SSSR count). The molecule has 3 nitrogen and oxygen atoms in total. The standard InChI is InChI=1S/C12H18N2OS/c1-9-7-16-8-10(9)6-14-11-3-2-4-13-12(15)5-11/h7-8,11,14H,2-6H2,1H3,(H,13,15). The van der Waals surface area contributed by atoms with E-state index in [4.69, 9.17) is 0 Å². The molecule has 0 saturated carbocycles. The van der Waals surface area contributed by atoms with Gasteiger partial charge in [-0.15, -0.1) is 0 Å². The van der Waals surface area contributed by atoms with Crippen molar-refractivity contribution in [1.82, 2.24) is 10.6 Å². The van der Waals surface area contributed by atoms with Crippen LogP contribution in [0.25, 0.3) is 0 Å². The van der Waals surface area contributed by atoms with Gasteiger partial charge in [0.1, 0.15) is 0 Å². The highest BCUT2D eigenvalue weighted by molar-refractivity contribution is 7.08. The Morgan fingerprint density at radius 3 is 3.19 bits per heavy atom. The maximum atomic E-state index is 11.4. The highest BCUT2D eigenvalue weighted by Crippen LogP contribution is 2.14. The highest BCUT2D eigenvalue weighted by Gasteiger charge is 2.16. The molecule has 1 aromatic heterocycles. The summed E-state index contributed by atoms with van der Waals surface area (Å²) in [5.74, 6) is 0.178. The predicted molar refractivity (Wildman–Crippen MR) is 66.5 cm³/mol. The molecule has 1 atom stereocenters. The van der Waals surface area contributed by atoms with Gasteiger partial charge in [-0.25, -0.2) is 0 Å². The van der Waals surface area contributed by atoms with Crippen LogP contribution in [0.3, 0.4) is 0 Å². The number of hydrogen-bond acceptors (Lipinski definition) is 3. The van der Waals surface area contributed by atoms with E-state index in [1.165, 1.54) is 11.1 Å². The summed E-state index contributed by atoms with van der Waals surface area (Å²) < 4.78 is 0. The molecule has 2 N–H and O–H groups in total. The van der Waals surface area contributed by atoms with E-state index in [1.807, 2.05) is 0 Å². The van der Waals surface area contributed by atoms with Crippen molar-refractivity contribution < 1.29 is 4.79 Å². The maximum absolute atomic E-state index is 11.4. The molecule has 1 saturated heterocycles. The number of aryl methyl sites for hydroxylation is 1. The van der Waals surface area contributed by atoms with Crippen molar-refractivity contribution in [2.75, 3.05) is 6.54 Å². The van der Waals surface area contributed by atoms with Crippen LogP contribution in [0.2, 0.25) is 0 Å². The van der Waals surface area contributed by atoms with E-state index >= 15 is 0 Å². The van der Waals surface area contributed by atoms with Crippen LogP contribution in [0.15, 0.2) is 10.8 Å². The molecule has 0 aromatic carbocycles. The van der Waals surface area contributed by atoms with E-state index < -0.39 is 0 Å². The monoisotopic (exact) mass is 238 g/mol. The van der Waals surface area contributed by atoms with E-state index in [1.54, 1.807) is 11.3 Å². The molecule has 1 unspecified atom stereocenters. The highest BCUT2D eigenvalue weighted by atomic mass is 32.1. The van der Waals surface area contributed by atoms with Crippen molar-refractivity contribution in [2.45, 2.75) is 38.8 Å². The first-order valence-corrected chi connectivity index (χ1v) is 6.72. The second kappa shape index (κ2) is 5.46. The van der Waals surface area contributed by atoms with Crippen molar-refractivity contribution in [2.24, 2.45) is 0 Å². The summed E-state index contributed by atoms with van der Waals surface area (Å²) in [5.41, 5.74) is 2.70. The van der Waals surface area contributed by atoms with E-state index in [2.05, 4.69) is 28.3 Å². The Bertz CT molecular complexity index is 362. The predicted octanol–water partition coefficient (Wildman–Crippen LogP) is 1.81. The Morgan fingerprint density at radius 2 is 2.44 bits per heavy atom. The maximum Gasteiger partial charge on any atom is 0.221 e. The van der Waals surface area contributed by atoms with E-state index in [0.29, 0.717) is 12.5 Å². The Morgan fingerprint density at radius 1 is 1.56 bits per heavy atom. The fourth-order valence-electron chi connectivity index (χ4n) is 1.97. The molecule has 1 fully saturated rings. The number of hydrogen-bond donors (Lipinski definition) is 2. The van der Waals surface area contributed by atoms with Gasteiger partial charge in [-0.2, -0.15) is 11.3 Å². The molecule has 0 radical (unpaired) electrons. The number of carbonyl (C=O) groups excluding carboxylic acids is 1. The summed E-state index contributed by atoms with van der Waals surface area (Å²) >= 11 is 1.74. The first-order valence-electron chi connectivity index (χ1n) is 5.77. The molecule has 0 aliphatic carbocycles. The van der Waals surface area contributed by atoms with Gasteiger partial charge in [0.2, 0.25) is 5.91 Å². The number of carbonyl (C=O) groups is 1.